The molecule has 5 N–H and O–H groups in total. The van der Waals surface area contributed by atoms with Crippen molar-refractivity contribution in [2.45, 2.75) is 0 Å². The van der Waals surface area contributed by atoms with Crippen LogP contribution in [0.4, 0.5) is 0 Å². The van der Waals surface area contributed by atoms with Crippen LogP contribution in [-0.4, -0.2) is 12.4 Å². The van der Waals surface area contributed by atoms with Crippen LogP contribution >= 0.6 is 44.0 Å². The Hall–Kier alpha value is 0.980. The number of nitrogens with one attached hydrogen (secondary N) is 1. The molecule has 0 atom stereocenters. The number of alkyl halides is 1. The van der Waals surface area contributed by atoms with E-state index >= 15 is 0 Å². The topological polar surface area (TPSA) is 81.1 Å². The quantitative estimate of drug-likeness (QED) is 0.492. The number of hydrogen-bond acceptors (Lipinski definition) is 1. The molecule has 0 spiro atoms. The van der Waals surface area contributed by atoms with Gasteiger partial charge in [0.1, 0.15) is 0 Å². The van der Waals surface area contributed by atoms with Gasteiger partial charge in [0.05, 0.1) is 0 Å². The van der Waals surface area contributed by atoms with E-state index in [1.54, 1.807) is 0 Å². The first kappa shape index (κ1) is 17.2. The van der Waals surface area contributed by atoms with Crippen molar-refractivity contribution in [2.75, 3.05) is 12.4 Å². The lowest BCUT2D eigenvalue weighted by Crippen LogP contribution is -2.23. The summed E-state index contributed by atoms with van der Waals surface area (Å²) >= 11 is 5.21. The first-order chi connectivity index (χ1) is 3.56. The zero-order valence-corrected chi connectivity index (χ0v) is 8.40. The summed E-state index contributed by atoms with van der Waals surface area (Å²) in [6, 6.07) is 0. The Bertz CT molecular complexity index is 106. The van der Waals surface area contributed by atoms with Gasteiger partial charge < -0.3 is 0 Å². The second-order valence-electron chi connectivity index (χ2n) is 1.31. The third kappa shape index (κ3) is 16.0. The summed E-state index contributed by atoms with van der Waals surface area (Å²) < 4.78 is 10.4. The highest BCUT2D eigenvalue weighted by Gasteiger charge is 2.03. The van der Waals surface area contributed by atoms with Gasteiger partial charge in [-0.25, -0.2) is 5.09 Å². The van der Waals surface area contributed by atoms with E-state index in [1.807, 2.05) is 0 Å². The van der Waals surface area contributed by atoms with Crippen LogP contribution in [0.5, 0.6) is 0 Å². The zero-order valence-electron chi connectivity index (χ0n) is 5.12. The Morgan fingerprint density at radius 3 is 1.90 bits per heavy atom. The van der Waals surface area contributed by atoms with Gasteiger partial charge in [0.2, 0.25) is 0 Å². The van der Waals surface area contributed by atoms with E-state index < -0.39 is 7.59 Å². The summed E-state index contributed by atoms with van der Waals surface area (Å²) in [6.07, 6.45) is 0. The molecule has 0 aliphatic rings. The van der Waals surface area contributed by atoms with Crippen LogP contribution in [0.3, 0.4) is 0 Å². The number of hydrogen-bond donors (Lipinski definition) is 3. The zero-order chi connectivity index (χ0) is 6.62. The summed E-state index contributed by atoms with van der Waals surface area (Å²) in [4.78, 5) is 0. The Labute approximate surface area is 77.4 Å². The average Bonchev–Trinajstić information content (AvgIpc) is 1.59. The van der Waals surface area contributed by atoms with E-state index in [4.69, 9.17) is 22.6 Å². The van der Waals surface area contributed by atoms with Crippen molar-refractivity contribution in [2.24, 2.45) is 11.0 Å². The van der Waals surface area contributed by atoms with Crippen LogP contribution in [-0.2, 0) is 4.57 Å². The molecule has 0 fully saturated rings. The Balaban J connectivity index is -0.000000245. The molecule has 8 heteroatoms. The minimum Gasteiger partial charge on any atom is -0.271 e. The van der Waals surface area contributed by atoms with Crippen LogP contribution < -0.4 is 16.1 Å². The molecular weight excluding hydrogens is 219 g/mol. The summed E-state index contributed by atoms with van der Waals surface area (Å²) in [6.45, 7) is 0.381. The van der Waals surface area contributed by atoms with Crippen molar-refractivity contribution in [1.29, 1.82) is 0 Å². The fourth-order valence-corrected chi connectivity index (χ4v) is 0.905. The highest BCUT2D eigenvalue weighted by Crippen LogP contribution is 2.15. The molecule has 0 amide bonds. The van der Waals surface area contributed by atoms with Gasteiger partial charge in [0.25, 0.3) is 7.59 Å². The highest BCUT2D eigenvalue weighted by atomic mass is 35.5. The molecule has 0 saturated heterocycles. The molecule has 0 heterocycles. The van der Waals surface area contributed by atoms with Gasteiger partial charge in [-0.3, -0.25) is 15.6 Å². The molecule has 0 aliphatic heterocycles. The van der Waals surface area contributed by atoms with E-state index in [1.165, 1.54) is 0 Å². The SMILES string of the molecule is Cl.Cl.NP(N)(=O)NCCCl. The molecule has 0 bridgehead atoms. The predicted molar refractivity (Wildman–Crippen MR) is 49.2 cm³/mol. The Morgan fingerprint density at radius 1 is 1.40 bits per heavy atom. The van der Waals surface area contributed by atoms with Gasteiger partial charge in [-0.05, 0) is 0 Å². The van der Waals surface area contributed by atoms with Gasteiger partial charge in [-0.2, -0.15) is 0 Å². The summed E-state index contributed by atoms with van der Waals surface area (Å²) in [7, 11) is -3.02. The molecule has 66 valence electrons. The van der Waals surface area contributed by atoms with Crippen LogP contribution in [0.1, 0.15) is 0 Å². The molecule has 0 unspecified atom stereocenters. The van der Waals surface area contributed by atoms with E-state index in [-0.39, 0.29) is 24.8 Å². The second kappa shape index (κ2) is 8.08. The Morgan fingerprint density at radius 2 is 1.80 bits per heavy atom. The molecule has 0 aromatic rings. The fourth-order valence-electron chi connectivity index (χ4n) is 0.217. The van der Waals surface area contributed by atoms with Crippen LogP contribution in [0.25, 0.3) is 0 Å². The monoisotopic (exact) mass is 229 g/mol. The maximum absolute atomic E-state index is 10.4. The van der Waals surface area contributed by atoms with E-state index in [2.05, 4.69) is 5.09 Å². The van der Waals surface area contributed by atoms with Crippen molar-refractivity contribution in [3.8, 4) is 0 Å². The molecular formula is C2H11Cl3N3OP. The molecule has 0 saturated carbocycles. The van der Waals surface area contributed by atoms with Crippen LogP contribution in [0.2, 0.25) is 0 Å². The first-order valence-corrected chi connectivity index (χ1v) is 4.42. The predicted octanol–water partition coefficient (Wildman–Crippen LogP) is 0.684. The van der Waals surface area contributed by atoms with Gasteiger partial charge in [0, 0.05) is 12.4 Å². The van der Waals surface area contributed by atoms with Gasteiger partial charge in [-0.15, -0.1) is 36.4 Å². The normalized spacial score (nSPS) is 9.50. The van der Waals surface area contributed by atoms with Gasteiger partial charge >= 0.3 is 0 Å². The molecule has 0 radical (unpaired) electrons. The van der Waals surface area contributed by atoms with Gasteiger partial charge in [-0.1, -0.05) is 0 Å². The van der Waals surface area contributed by atoms with E-state index in [0.717, 1.165) is 0 Å². The summed E-state index contributed by atoms with van der Waals surface area (Å²) in [5, 5.41) is 2.35. The average molecular weight is 230 g/mol. The minimum atomic E-state index is -3.02. The van der Waals surface area contributed by atoms with Crippen molar-refractivity contribution in [3.63, 3.8) is 0 Å². The lowest BCUT2D eigenvalue weighted by Gasteiger charge is -2.04. The van der Waals surface area contributed by atoms with Crippen molar-refractivity contribution in [1.82, 2.24) is 5.09 Å². The number of halogens is 3. The van der Waals surface area contributed by atoms with E-state index in [0.29, 0.717) is 12.4 Å². The van der Waals surface area contributed by atoms with E-state index in [9.17, 15) is 4.57 Å². The highest BCUT2D eigenvalue weighted by molar-refractivity contribution is 7.56. The maximum Gasteiger partial charge on any atom is 0.273 e. The lowest BCUT2D eigenvalue weighted by molar-refractivity contribution is 0.568. The molecule has 4 nitrogen and oxygen atoms in total. The molecule has 10 heavy (non-hydrogen) atoms. The smallest absolute Gasteiger partial charge is 0.271 e. The first-order valence-electron chi connectivity index (χ1n) is 2.04. The standard InChI is InChI=1S/C2H9ClN3OP.2ClH/c3-1-2-6-8(4,5)7;;/h1-2H2,(H5,4,5,6,7);2*1H. The third-order valence-corrected chi connectivity index (χ3v) is 1.36. The molecule has 0 rings (SSSR count). The summed E-state index contributed by atoms with van der Waals surface area (Å²) in [5.74, 6) is 0.360. The van der Waals surface area contributed by atoms with Crippen molar-refractivity contribution >= 4 is 44.0 Å². The minimum absolute atomic E-state index is 0. The lowest BCUT2D eigenvalue weighted by atomic mass is 10.8. The third-order valence-electron chi connectivity index (χ3n) is 0.453. The molecule has 0 aromatic carbocycles. The van der Waals surface area contributed by atoms with Gasteiger partial charge in [0.15, 0.2) is 0 Å². The largest absolute Gasteiger partial charge is 0.273 e. The molecule has 0 aromatic heterocycles. The van der Waals surface area contributed by atoms with Crippen LogP contribution in [0.15, 0.2) is 0 Å². The van der Waals surface area contributed by atoms with Crippen molar-refractivity contribution < 1.29 is 4.57 Å². The van der Waals surface area contributed by atoms with Crippen molar-refractivity contribution in [3.05, 3.63) is 0 Å². The molecule has 0 aliphatic carbocycles. The maximum atomic E-state index is 10.4. The van der Waals surface area contributed by atoms with Crippen LogP contribution in [0, 0.1) is 0 Å². The second-order valence-corrected chi connectivity index (χ2v) is 3.42. The number of rotatable bonds is 3. The Kier molecular flexibility index (Phi) is 13.9. The number of nitrogens with two attached hydrogens (primary N) is 2. The fraction of sp³-hybridized carbons (Fsp3) is 1.00. The summed E-state index contributed by atoms with van der Waals surface area (Å²) in [5.41, 5.74) is 9.77.